The first kappa shape index (κ1) is 15.3. The molecule has 0 N–H and O–H groups in total. The first-order valence-electron chi connectivity index (χ1n) is 6.32. The van der Waals surface area contributed by atoms with Gasteiger partial charge in [0.2, 0.25) is 0 Å². The van der Waals surface area contributed by atoms with Gasteiger partial charge in [0.1, 0.15) is 11.7 Å². The molecule has 104 valence electrons. The van der Waals surface area contributed by atoms with Gasteiger partial charge >= 0.3 is 6.16 Å². The zero-order valence-corrected chi connectivity index (χ0v) is 12.3. The maximum atomic E-state index is 11.7. The average Bonchev–Trinajstić information content (AvgIpc) is 2.27. The maximum absolute atomic E-state index is 11.7. The Kier molecular flexibility index (Phi) is 4.76. The van der Waals surface area contributed by atoms with Crippen LogP contribution in [0.1, 0.15) is 43.6 Å². The van der Waals surface area contributed by atoms with E-state index in [1.165, 1.54) is 5.56 Å². The van der Waals surface area contributed by atoms with Gasteiger partial charge in [-0.2, -0.15) is 0 Å². The fraction of sp³-hybridized carbons (Fsp3) is 0.438. The third-order valence-corrected chi connectivity index (χ3v) is 2.69. The largest absolute Gasteiger partial charge is 0.509 e. The van der Waals surface area contributed by atoms with Crippen molar-refractivity contribution >= 4 is 6.16 Å². The molecule has 3 heteroatoms. The number of hydrogen-bond donors (Lipinski definition) is 0. The topological polar surface area (TPSA) is 35.5 Å². The molecule has 0 spiro atoms. The Morgan fingerprint density at radius 2 is 1.89 bits per heavy atom. The number of benzene rings is 1. The first-order chi connectivity index (χ1) is 8.73. The van der Waals surface area contributed by atoms with Crippen LogP contribution in [-0.4, -0.2) is 11.8 Å². The quantitative estimate of drug-likeness (QED) is 0.595. The summed E-state index contributed by atoms with van der Waals surface area (Å²) in [4.78, 5) is 11.7. The van der Waals surface area contributed by atoms with Crippen molar-refractivity contribution in [1.29, 1.82) is 0 Å². The molecule has 0 aliphatic heterocycles. The van der Waals surface area contributed by atoms with E-state index in [1.807, 2.05) is 32.0 Å². The molecule has 0 fully saturated rings. The molecule has 0 amide bonds. The predicted molar refractivity (Wildman–Crippen MR) is 76.2 cm³/mol. The highest BCUT2D eigenvalue weighted by atomic mass is 16.7. The number of carbonyl (C=O) groups excluding carboxylic acids is 1. The number of hydrogen-bond acceptors (Lipinski definition) is 3. The Balaban J connectivity index is 2.81. The lowest BCUT2D eigenvalue weighted by Gasteiger charge is -2.21. The van der Waals surface area contributed by atoms with Crippen molar-refractivity contribution in [1.82, 2.24) is 0 Å². The van der Waals surface area contributed by atoms with Gasteiger partial charge in [0, 0.05) is 0 Å². The van der Waals surface area contributed by atoms with Crippen molar-refractivity contribution in [3.8, 4) is 0 Å². The highest BCUT2D eigenvalue weighted by Gasteiger charge is 2.21. The highest BCUT2D eigenvalue weighted by Crippen LogP contribution is 2.23. The van der Waals surface area contributed by atoms with Crippen molar-refractivity contribution < 1.29 is 14.3 Å². The SMILES string of the molecule is C=CC(OC(=O)OC(C)(C)C)c1ccc(C)c(C)c1. The smallest absolute Gasteiger partial charge is 0.429 e. The average molecular weight is 262 g/mol. The Labute approximate surface area is 115 Å². The maximum Gasteiger partial charge on any atom is 0.509 e. The number of aryl methyl sites for hydroxylation is 2. The van der Waals surface area contributed by atoms with Crippen LogP contribution in [0.2, 0.25) is 0 Å². The van der Waals surface area contributed by atoms with Gasteiger partial charge in [-0.15, -0.1) is 0 Å². The molecule has 1 unspecified atom stereocenters. The second-order valence-corrected chi connectivity index (χ2v) is 5.58. The van der Waals surface area contributed by atoms with Gasteiger partial charge in [-0.3, -0.25) is 0 Å². The molecule has 1 aromatic rings. The van der Waals surface area contributed by atoms with Gasteiger partial charge in [-0.1, -0.05) is 24.8 Å². The van der Waals surface area contributed by atoms with Crippen LogP contribution in [0.3, 0.4) is 0 Å². The summed E-state index contributed by atoms with van der Waals surface area (Å²) < 4.78 is 10.4. The normalized spacial score (nSPS) is 12.7. The van der Waals surface area contributed by atoms with E-state index in [2.05, 4.69) is 6.58 Å². The molecule has 19 heavy (non-hydrogen) atoms. The second-order valence-electron chi connectivity index (χ2n) is 5.58. The van der Waals surface area contributed by atoms with E-state index in [1.54, 1.807) is 26.8 Å². The third-order valence-electron chi connectivity index (χ3n) is 2.69. The zero-order valence-electron chi connectivity index (χ0n) is 12.3. The third kappa shape index (κ3) is 4.78. The second kappa shape index (κ2) is 5.91. The van der Waals surface area contributed by atoms with E-state index in [0.29, 0.717) is 0 Å². The van der Waals surface area contributed by atoms with Gasteiger partial charge < -0.3 is 9.47 Å². The molecule has 1 aromatic carbocycles. The molecule has 3 nitrogen and oxygen atoms in total. The minimum absolute atomic E-state index is 0.492. The van der Waals surface area contributed by atoms with Crippen molar-refractivity contribution in [2.75, 3.05) is 0 Å². The summed E-state index contributed by atoms with van der Waals surface area (Å²) in [6.45, 7) is 13.2. The summed E-state index contributed by atoms with van der Waals surface area (Å²) in [5.74, 6) is 0. The Hall–Kier alpha value is -1.77. The Morgan fingerprint density at radius 3 is 2.37 bits per heavy atom. The van der Waals surface area contributed by atoms with Crippen LogP contribution in [0.25, 0.3) is 0 Å². The van der Waals surface area contributed by atoms with Crippen molar-refractivity contribution in [2.45, 2.75) is 46.3 Å². The summed E-state index contributed by atoms with van der Waals surface area (Å²) in [5.41, 5.74) is 2.68. The van der Waals surface area contributed by atoms with Gasteiger partial charge in [-0.25, -0.2) is 4.79 Å². The zero-order chi connectivity index (χ0) is 14.6. The van der Waals surface area contributed by atoms with Crippen molar-refractivity contribution in [3.05, 3.63) is 47.5 Å². The summed E-state index contributed by atoms with van der Waals surface area (Å²) in [6.07, 6.45) is 0.415. The molecule has 0 saturated carbocycles. The molecule has 0 aliphatic carbocycles. The standard InChI is InChI=1S/C16H22O3/c1-7-14(18-15(17)19-16(4,5)6)13-9-8-11(2)12(3)10-13/h7-10,14H,1H2,2-6H3. The summed E-state index contributed by atoms with van der Waals surface area (Å²) in [5, 5.41) is 0. The van der Waals surface area contributed by atoms with Crippen LogP contribution in [0, 0.1) is 13.8 Å². The fourth-order valence-corrected chi connectivity index (χ4v) is 1.57. The molecule has 0 saturated heterocycles. The van der Waals surface area contributed by atoms with Crippen LogP contribution in [0.5, 0.6) is 0 Å². The minimum atomic E-state index is -0.685. The predicted octanol–water partition coefficient (Wildman–Crippen LogP) is 4.48. The van der Waals surface area contributed by atoms with E-state index in [4.69, 9.17) is 9.47 Å². The fourth-order valence-electron chi connectivity index (χ4n) is 1.57. The lowest BCUT2D eigenvalue weighted by Crippen LogP contribution is -2.25. The van der Waals surface area contributed by atoms with E-state index < -0.39 is 17.9 Å². The minimum Gasteiger partial charge on any atom is -0.429 e. The monoisotopic (exact) mass is 262 g/mol. The number of ether oxygens (including phenoxy) is 2. The Morgan fingerprint density at radius 1 is 1.26 bits per heavy atom. The Bertz CT molecular complexity index is 469. The molecule has 0 bridgehead atoms. The number of carbonyl (C=O) groups is 1. The summed E-state index contributed by atoms with van der Waals surface area (Å²) in [7, 11) is 0. The lowest BCUT2D eigenvalue weighted by molar-refractivity contribution is -0.0188. The molecular formula is C16H22O3. The molecule has 0 aliphatic rings. The van der Waals surface area contributed by atoms with Crippen molar-refractivity contribution in [3.63, 3.8) is 0 Å². The molecule has 0 radical (unpaired) electrons. The van der Waals surface area contributed by atoms with Gasteiger partial charge in [0.05, 0.1) is 0 Å². The van der Waals surface area contributed by atoms with E-state index >= 15 is 0 Å². The lowest BCUT2D eigenvalue weighted by atomic mass is 10.0. The van der Waals surface area contributed by atoms with Gasteiger partial charge in [0.15, 0.2) is 0 Å². The van der Waals surface area contributed by atoms with Crippen molar-refractivity contribution in [2.24, 2.45) is 0 Å². The van der Waals surface area contributed by atoms with Crippen LogP contribution in [0.4, 0.5) is 4.79 Å². The highest BCUT2D eigenvalue weighted by molar-refractivity contribution is 5.61. The van der Waals surface area contributed by atoms with Crippen LogP contribution >= 0.6 is 0 Å². The van der Waals surface area contributed by atoms with E-state index in [0.717, 1.165) is 11.1 Å². The van der Waals surface area contributed by atoms with Gasteiger partial charge in [-0.05, 0) is 57.4 Å². The molecule has 0 aromatic heterocycles. The van der Waals surface area contributed by atoms with Gasteiger partial charge in [0.25, 0.3) is 0 Å². The van der Waals surface area contributed by atoms with E-state index in [-0.39, 0.29) is 0 Å². The number of rotatable bonds is 3. The van der Waals surface area contributed by atoms with Crippen LogP contribution in [-0.2, 0) is 9.47 Å². The molecular weight excluding hydrogens is 240 g/mol. The summed E-state index contributed by atoms with van der Waals surface area (Å²) in [6, 6.07) is 5.92. The van der Waals surface area contributed by atoms with E-state index in [9.17, 15) is 4.79 Å². The first-order valence-corrected chi connectivity index (χ1v) is 6.32. The van der Waals surface area contributed by atoms with Crippen LogP contribution in [0.15, 0.2) is 30.9 Å². The summed E-state index contributed by atoms with van der Waals surface area (Å²) >= 11 is 0. The molecule has 1 atom stereocenters. The van der Waals surface area contributed by atoms with Crippen LogP contribution < -0.4 is 0 Å². The molecule has 0 heterocycles. The molecule has 1 rings (SSSR count).